The molecule has 3 heterocycles. The quantitative estimate of drug-likeness (QED) is 0.440. The van der Waals surface area contributed by atoms with Crippen LogP contribution in [0.2, 0.25) is 5.02 Å². The molecule has 0 bridgehead atoms. The smallest absolute Gasteiger partial charge is 0.222 e. The van der Waals surface area contributed by atoms with E-state index in [-0.39, 0.29) is 49.2 Å². The van der Waals surface area contributed by atoms with E-state index in [4.69, 9.17) is 16.7 Å². The molecule has 31 heavy (non-hydrogen) atoms. The van der Waals surface area contributed by atoms with Gasteiger partial charge in [0, 0.05) is 41.8 Å². The summed E-state index contributed by atoms with van der Waals surface area (Å²) in [5, 5.41) is 16.2. The number of aromatic amines is 1. The van der Waals surface area contributed by atoms with Crippen LogP contribution in [-0.4, -0.2) is 49.6 Å². The highest BCUT2D eigenvalue weighted by Crippen LogP contribution is 2.29. The molecule has 1 aliphatic rings. The summed E-state index contributed by atoms with van der Waals surface area (Å²) < 4.78 is 14.4. The molecule has 1 saturated carbocycles. The number of aromatic nitrogens is 4. The molecule has 166 valence electrons. The van der Waals surface area contributed by atoms with Crippen molar-refractivity contribution in [2.24, 2.45) is 0 Å². The van der Waals surface area contributed by atoms with Crippen molar-refractivity contribution < 1.29 is 14.3 Å². The van der Waals surface area contributed by atoms with Crippen molar-refractivity contribution in [3.63, 3.8) is 0 Å². The van der Waals surface area contributed by atoms with Gasteiger partial charge in [-0.1, -0.05) is 11.6 Å². The van der Waals surface area contributed by atoms with Crippen LogP contribution in [0, 0.1) is 5.82 Å². The fourth-order valence-corrected chi connectivity index (χ4v) is 3.97. The zero-order valence-corrected chi connectivity index (χ0v) is 18.1. The Kier molecular flexibility index (Phi) is 7.64. The van der Waals surface area contributed by atoms with Gasteiger partial charge in [-0.05, 0) is 31.7 Å². The summed E-state index contributed by atoms with van der Waals surface area (Å²) >= 11 is 6.06. The second kappa shape index (κ2) is 10.2. The summed E-state index contributed by atoms with van der Waals surface area (Å²) in [4.78, 5) is 27.5. The van der Waals surface area contributed by atoms with Crippen LogP contribution >= 0.6 is 24.0 Å². The fourth-order valence-electron chi connectivity index (χ4n) is 3.81. The van der Waals surface area contributed by atoms with Gasteiger partial charge in [-0.3, -0.25) is 4.79 Å². The van der Waals surface area contributed by atoms with E-state index < -0.39 is 5.82 Å². The van der Waals surface area contributed by atoms with Gasteiger partial charge in [0.2, 0.25) is 5.91 Å². The van der Waals surface area contributed by atoms with Gasteiger partial charge in [0.15, 0.2) is 17.5 Å². The molecule has 0 aliphatic heterocycles. The average molecular weight is 469 g/mol. The van der Waals surface area contributed by atoms with E-state index in [9.17, 15) is 9.18 Å². The Hall–Kier alpha value is -2.49. The van der Waals surface area contributed by atoms with Crippen LogP contribution in [0.5, 0.6) is 0 Å². The van der Waals surface area contributed by atoms with Crippen molar-refractivity contribution in [2.45, 2.75) is 44.2 Å². The first-order valence-corrected chi connectivity index (χ1v) is 10.2. The molecular formula is C20H23Cl2FN6O2. The van der Waals surface area contributed by atoms with E-state index in [2.05, 4.69) is 30.6 Å². The number of nitrogens with one attached hydrogen (secondary N) is 3. The number of H-pyrrole nitrogens is 1. The van der Waals surface area contributed by atoms with Crippen molar-refractivity contribution in [3.8, 4) is 11.4 Å². The summed E-state index contributed by atoms with van der Waals surface area (Å²) in [6.07, 6.45) is 7.75. The highest BCUT2D eigenvalue weighted by Gasteiger charge is 2.24. The van der Waals surface area contributed by atoms with Gasteiger partial charge < -0.3 is 20.7 Å². The monoisotopic (exact) mass is 468 g/mol. The number of amides is 1. The lowest BCUT2D eigenvalue weighted by molar-refractivity contribution is -0.122. The van der Waals surface area contributed by atoms with Crippen molar-refractivity contribution in [1.82, 2.24) is 25.3 Å². The molecule has 1 amide bonds. The third-order valence-corrected chi connectivity index (χ3v) is 5.41. The SMILES string of the molecule is Cl.O=C(CCO)N[C@@H]1CCC[C@H](Nc2nc(-c3c[nH]c4ncc(Cl)cc34)ncc2F)C1. The molecule has 0 spiro atoms. The lowest BCUT2D eigenvalue weighted by Gasteiger charge is -2.30. The number of fused-ring (bicyclic) bond motifs is 1. The Bertz CT molecular complexity index is 1060. The lowest BCUT2D eigenvalue weighted by Crippen LogP contribution is -2.42. The minimum absolute atomic E-state index is 0. The van der Waals surface area contributed by atoms with Crippen molar-refractivity contribution in [1.29, 1.82) is 0 Å². The molecule has 1 aliphatic carbocycles. The van der Waals surface area contributed by atoms with Gasteiger partial charge in [0.05, 0.1) is 17.8 Å². The molecule has 3 aromatic rings. The summed E-state index contributed by atoms with van der Waals surface area (Å²) in [5.74, 6) is -0.235. The number of anilines is 1. The van der Waals surface area contributed by atoms with Crippen LogP contribution < -0.4 is 10.6 Å². The second-order valence-corrected chi connectivity index (χ2v) is 7.82. The summed E-state index contributed by atoms with van der Waals surface area (Å²) in [6, 6.07) is 1.71. The molecule has 0 saturated heterocycles. The Balaban J connectivity index is 0.00000272. The lowest BCUT2D eigenvalue weighted by atomic mass is 9.91. The van der Waals surface area contributed by atoms with Crippen molar-refractivity contribution >= 4 is 46.8 Å². The van der Waals surface area contributed by atoms with Crippen LogP contribution in [0.15, 0.2) is 24.7 Å². The van der Waals surface area contributed by atoms with Gasteiger partial charge in [-0.25, -0.2) is 19.3 Å². The number of aliphatic hydroxyl groups is 1. The van der Waals surface area contributed by atoms with Gasteiger partial charge in [0.25, 0.3) is 0 Å². The molecule has 3 aromatic heterocycles. The number of halogens is 3. The first-order chi connectivity index (χ1) is 14.5. The number of nitrogens with zero attached hydrogens (tertiary/aromatic N) is 3. The molecule has 1 fully saturated rings. The number of carbonyl (C=O) groups is 1. The summed E-state index contributed by atoms with van der Waals surface area (Å²) in [5.41, 5.74) is 1.33. The molecule has 0 unspecified atom stereocenters. The van der Waals surface area contributed by atoms with Gasteiger partial charge in [-0.15, -0.1) is 12.4 Å². The molecule has 4 N–H and O–H groups in total. The molecule has 4 rings (SSSR count). The number of pyridine rings is 1. The van der Waals surface area contributed by atoms with Crippen molar-refractivity contribution in [3.05, 3.63) is 35.5 Å². The third-order valence-electron chi connectivity index (χ3n) is 5.20. The Morgan fingerprint density at radius 2 is 2.10 bits per heavy atom. The van der Waals surface area contributed by atoms with Gasteiger partial charge in [-0.2, -0.15) is 0 Å². The number of hydrogen-bond donors (Lipinski definition) is 4. The molecule has 2 atom stereocenters. The average Bonchev–Trinajstić information content (AvgIpc) is 3.13. The van der Waals surface area contributed by atoms with Crippen molar-refractivity contribution in [2.75, 3.05) is 11.9 Å². The molecule has 11 heteroatoms. The first kappa shape index (κ1) is 23.2. The molecule has 0 radical (unpaired) electrons. The number of hydrogen-bond acceptors (Lipinski definition) is 6. The highest BCUT2D eigenvalue weighted by molar-refractivity contribution is 6.31. The van der Waals surface area contributed by atoms with Crippen LogP contribution in [0.3, 0.4) is 0 Å². The van der Waals surface area contributed by atoms with E-state index in [0.717, 1.165) is 30.8 Å². The minimum atomic E-state index is -0.541. The van der Waals surface area contributed by atoms with Gasteiger partial charge >= 0.3 is 0 Å². The second-order valence-electron chi connectivity index (χ2n) is 7.39. The fraction of sp³-hybridized carbons (Fsp3) is 0.400. The Morgan fingerprint density at radius 1 is 1.29 bits per heavy atom. The van der Waals surface area contributed by atoms with Crippen LogP contribution in [0.1, 0.15) is 32.1 Å². The number of carbonyl (C=O) groups excluding carboxylic acids is 1. The topological polar surface area (TPSA) is 116 Å². The predicted molar refractivity (Wildman–Crippen MR) is 119 cm³/mol. The molecule has 0 aromatic carbocycles. The molecule has 8 nitrogen and oxygen atoms in total. The van der Waals surface area contributed by atoms with E-state index in [1.807, 2.05) is 0 Å². The Morgan fingerprint density at radius 3 is 2.90 bits per heavy atom. The van der Waals surface area contributed by atoms with E-state index in [1.54, 1.807) is 18.5 Å². The zero-order chi connectivity index (χ0) is 21.1. The molecular weight excluding hydrogens is 446 g/mol. The van der Waals surface area contributed by atoms with Crippen LogP contribution in [-0.2, 0) is 4.79 Å². The van der Waals surface area contributed by atoms with Gasteiger partial charge in [0.1, 0.15) is 5.65 Å². The largest absolute Gasteiger partial charge is 0.396 e. The summed E-state index contributed by atoms with van der Waals surface area (Å²) in [7, 11) is 0. The highest BCUT2D eigenvalue weighted by atomic mass is 35.5. The maximum Gasteiger partial charge on any atom is 0.222 e. The van der Waals surface area contributed by atoms with E-state index >= 15 is 0 Å². The normalized spacial score (nSPS) is 18.4. The number of aliphatic hydroxyl groups excluding tert-OH is 1. The van der Waals surface area contributed by atoms with E-state index in [1.165, 1.54) is 0 Å². The maximum atomic E-state index is 14.4. The van der Waals surface area contributed by atoms with Crippen LogP contribution in [0.25, 0.3) is 22.4 Å². The first-order valence-electron chi connectivity index (χ1n) is 9.86. The van der Waals surface area contributed by atoms with Crippen LogP contribution in [0.4, 0.5) is 10.2 Å². The maximum absolute atomic E-state index is 14.4. The van der Waals surface area contributed by atoms with E-state index in [0.29, 0.717) is 28.5 Å². The zero-order valence-electron chi connectivity index (χ0n) is 16.6. The third kappa shape index (κ3) is 5.41. The standard InChI is InChI=1S/C20H22ClFN6O2.ClH/c21-11-6-14-15(9-24-18(14)23-8-11)19-25-10-16(22)20(28-19)27-13-3-1-2-12(7-13)26-17(30)4-5-29;/h6,8-10,12-13,29H,1-5,7H2,(H,23,24)(H,26,30)(H,25,27,28);1H/t12-,13+;/m1./s1. The predicted octanol–water partition coefficient (Wildman–Crippen LogP) is 3.46. The Labute approximate surface area is 189 Å². The summed E-state index contributed by atoms with van der Waals surface area (Å²) in [6.45, 7) is -0.177. The number of rotatable bonds is 6. The minimum Gasteiger partial charge on any atom is -0.396 e.